The number of likely N-dealkylation sites (N-methyl/N-ethyl adjacent to an activating group) is 1. The van der Waals surface area contributed by atoms with E-state index in [1.54, 1.807) is 20.0 Å². The lowest BCUT2D eigenvalue weighted by molar-refractivity contribution is 0.177. The Balaban J connectivity index is 3.05. The molecule has 0 aromatic heterocycles. The zero-order valence-corrected chi connectivity index (χ0v) is 9.17. The highest BCUT2D eigenvalue weighted by molar-refractivity contribution is 5.36. The minimum Gasteiger partial charge on any atom is -0.494 e. The Kier molecular flexibility index (Phi) is 4.05. The number of methoxy groups -OCH3 is 1. The Labute approximate surface area is 88.9 Å². The van der Waals surface area contributed by atoms with Gasteiger partial charge in [0.25, 0.3) is 0 Å². The predicted molar refractivity (Wildman–Crippen MR) is 56.6 cm³/mol. The van der Waals surface area contributed by atoms with E-state index in [0.29, 0.717) is 17.7 Å². The first-order chi connectivity index (χ1) is 7.10. The number of aryl methyl sites for hydroxylation is 1. The van der Waals surface area contributed by atoms with Gasteiger partial charge >= 0.3 is 0 Å². The summed E-state index contributed by atoms with van der Waals surface area (Å²) in [6, 6.07) is 3.14. The van der Waals surface area contributed by atoms with Gasteiger partial charge in [-0.3, -0.25) is 0 Å². The van der Waals surface area contributed by atoms with E-state index in [0.717, 1.165) is 0 Å². The molecule has 1 aromatic carbocycles. The molecule has 0 radical (unpaired) electrons. The molecule has 1 atom stereocenters. The van der Waals surface area contributed by atoms with Crippen molar-refractivity contribution in [3.05, 3.63) is 29.1 Å². The Morgan fingerprint density at radius 1 is 1.53 bits per heavy atom. The Morgan fingerprint density at radius 3 is 2.73 bits per heavy atom. The highest BCUT2D eigenvalue weighted by Gasteiger charge is 2.13. The van der Waals surface area contributed by atoms with Crippen LogP contribution in [0.3, 0.4) is 0 Å². The highest BCUT2D eigenvalue weighted by atomic mass is 19.1. The minimum atomic E-state index is -0.650. The number of rotatable bonds is 4. The molecular weight excluding hydrogens is 197 g/mol. The number of hydrogen-bond donors (Lipinski definition) is 2. The molecule has 1 unspecified atom stereocenters. The molecule has 0 aliphatic heterocycles. The third-order valence-corrected chi connectivity index (χ3v) is 2.25. The molecule has 0 saturated carbocycles. The number of ether oxygens (including phenoxy) is 1. The number of aliphatic hydroxyl groups excluding tert-OH is 1. The highest BCUT2D eigenvalue weighted by Crippen LogP contribution is 2.25. The van der Waals surface area contributed by atoms with Crippen LogP contribution >= 0.6 is 0 Å². The molecule has 0 bridgehead atoms. The van der Waals surface area contributed by atoms with Crippen molar-refractivity contribution in [3.8, 4) is 5.75 Å². The van der Waals surface area contributed by atoms with Gasteiger partial charge in [-0.25, -0.2) is 4.39 Å². The quantitative estimate of drug-likeness (QED) is 0.794. The summed E-state index contributed by atoms with van der Waals surface area (Å²) in [4.78, 5) is 0. The lowest BCUT2D eigenvalue weighted by Gasteiger charge is -2.13. The predicted octanol–water partition coefficient (Wildman–Crippen LogP) is 1.40. The Bertz CT molecular complexity index is 342. The summed E-state index contributed by atoms with van der Waals surface area (Å²) in [5.41, 5.74) is 1.12. The zero-order valence-electron chi connectivity index (χ0n) is 9.17. The molecule has 0 heterocycles. The molecule has 0 fully saturated rings. The Hall–Kier alpha value is -1.13. The van der Waals surface area contributed by atoms with Gasteiger partial charge in [0.1, 0.15) is 0 Å². The van der Waals surface area contributed by atoms with Gasteiger partial charge in [-0.2, -0.15) is 0 Å². The topological polar surface area (TPSA) is 41.5 Å². The van der Waals surface area contributed by atoms with Gasteiger partial charge in [0.2, 0.25) is 0 Å². The summed E-state index contributed by atoms with van der Waals surface area (Å²) < 4.78 is 18.3. The number of halogens is 1. The average Bonchev–Trinajstić information content (AvgIpc) is 2.22. The van der Waals surface area contributed by atoms with Gasteiger partial charge in [-0.1, -0.05) is 6.07 Å². The van der Waals surface area contributed by atoms with Crippen molar-refractivity contribution in [1.82, 2.24) is 5.32 Å². The average molecular weight is 213 g/mol. The van der Waals surface area contributed by atoms with Crippen LogP contribution in [0.5, 0.6) is 5.75 Å². The normalized spacial score (nSPS) is 12.6. The molecule has 1 rings (SSSR count). The molecule has 0 aliphatic rings. The second-order valence-corrected chi connectivity index (χ2v) is 3.43. The number of aliphatic hydroxyl groups is 1. The third kappa shape index (κ3) is 2.67. The second-order valence-electron chi connectivity index (χ2n) is 3.43. The molecular formula is C11H16FNO2. The molecule has 2 N–H and O–H groups in total. The molecule has 15 heavy (non-hydrogen) atoms. The van der Waals surface area contributed by atoms with Crippen LogP contribution in [-0.4, -0.2) is 25.8 Å². The number of benzene rings is 1. The van der Waals surface area contributed by atoms with Crippen molar-refractivity contribution in [1.29, 1.82) is 0 Å². The fourth-order valence-electron chi connectivity index (χ4n) is 1.42. The maximum atomic E-state index is 13.4. The summed E-state index contributed by atoms with van der Waals surface area (Å²) in [5, 5.41) is 12.6. The smallest absolute Gasteiger partial charge is 0.167 e. The first-order valence-corrected chi connectivity index (χ1v) is 4.76. The molecule has 0 spiro atoms. The van der Waals surface area contributed by atoms with E-state index >= 15 is 0 Å². The molecule has 0 amide bonds. The Morgan fingerprint density at radius 2 is 2.20 bits per heavy atom. The van der Waals surface area contributed by atoms with Crippen molar-refractivity contribution in [2.45, 2.75) is 13.0 Å². The van der Waals surface area contributed by atoms with E-state index in [-0.39, 0.29) is 11.6 Å². The first kappa shape index (κ1) is 11.9. The molecule has 4 heteroatoms. The van der Waals surface area contributed by atoms with Gasteiger partial charge in [-0.05, 0) is 31.2 Å². The molecule has 1 aromatic rings. The number of hydrogen-bond acceptors (Lipinski definition) is 3. The fourth-order valence-corrected chi connectivity index (χ4v) is 1.42. The zero-order chi connectivity index (χ0) is 11.4. The summed E-state index contributed by atoms with van der Waals surface area (Å²) in [5.74, 6) is -0.210. The lowest BCUT2D eigenvalue weighted by atomic mass is 10.1. The third-order valence-electron chi connectivity index (χ3n) is 2.25. The first-order valence-electron chi connectivity index (χ1n) is 4.76. The van der Waals surface area contributed by atoms with Crippen LogP contribution in [0, 0.1) is 12.7 Å². The van der Waals surface area contributed by atoms with Gasteiger partial charge in [0, 0.05) is 6.54 Å². The molecule has 3 nitrogen and oxygen atoms in total. The van der Waals surface area contributed by atoms with Crippen LogP contribution in [0.1, 0.15) is 17.2 Å². The van der Waals surface area contributed by atoms with Crippen LogP contribution in [0.25, 0.3) is 0 Å². The van der Waals surface area contributed by atoms with Crippen LogP contribution in [0.2, 0.25) is 0 Å². The van der Waals surface area contributed by atoms with Gasteiger partial charge in [0.15, 0.2) is 11.6 Å². The summed E-state index contributed by atoms with van der Waals surface area (Å²) in [7, 11) is 3.16. The largest absolute Gasteiger partial charge is 0.494 e. The summed E-state index contributed by atoms with van der Waals surface area (Å²) >= 11 is 0. The minimum absolute atomic E-state index is 0.167. The summed E-state index contributed by atoms with van der Waals surface area (Å²) in [6.07, 6.45) is -0.650. The van der Waals surface area contributed by atoms with Crippen LogP contribution in [-0.2, 0) is 0 Å². The van der Waals surface area contributed by atoms with Crippen molar-refractivity contribution >= 4 is 0 Å². The maximum absolute atomic E-state index is 13.4. The molecule has 0 aliphatic carbocycles. The fraction of sp³-hybridized carbons (Fsp3) is 0.455. The number of nitrogens with one attached hydrogen (secondary N) is 1. The van der Waals surface area contributed by atoms with E-state index in [2.05, 4.69) is 5.32 Å². The summed E-state index contributed by atoms with van der Waals surface area (Å²) in [6.45, 7) is 2.07. The SMILES string of the molecule is CNCC(O)c1cc(C)c(F)c(OC)c1. The van der Waals surface area contributed by atoms with Gasteiger partial charge < -0.3 is 15.2 Å². The van der Waals surface area contributed by atoms with E-state index in [4.69, 9.17) is 4.74 Å². The van der Waals surface area contributed by atoms with E-state index in [9.17, 15) is 9.50 Å². The van der Waals surface area contributed by atoms with Crippen LogP contribution in [0.15, 0.2) is 12.1 Å². The van der Waals surface area contributed by atoms with E-state index in [1.807, 2.05) is 0 Å². The molecule has 0 saturated heterocycles. The van der Waals surface area contributed by atoms with Gasteiger partial charge in [0.05, 0.1) is 13.2 Å². The monoisotopic (exact) mass is 213 g/mol. The van der Waals surface area contributed by atoms with Gasteiger partial charge in [-0.15, -0.1) is 0 Å². The molecule has 84 valence electrons. The lowest BCUT2D eigenvalue weighted by Crippen LogP contribution is -2.17. The van der Waals surface area contributed by atoms with Crippen LogP contribution < -0.4 is 10.1 Å². The van der Waals surface area contributed by atoms with Crippen molar-refractivity contribution in [2.75, 3.05) is 20.7 Å². The van der Waals surface area contributed by atoms with Crippen molar-refractivity contribution in [3.63, 3.8) is 0 Å². The van der Waals surface area contributed by atoms with Crippen molar-refractivity contribution < 1.29 is 14.2 Å². The maximum Gasteiger partial charge on any atom is 0.167 e. The van der Waals surface area contributed by atoms with Crippen molar-refractivity contribution in [2.24, 2.45) is 0 Å². The van der Waals surface area contributed by atoms with Crippen LogP contribution in [0.4, 0.5) is 4.39 Å². The van der Waals surface area contributed by atoms with E-state index < -0.39 is 6.10 Å². The van der Waals surface area contributed by atoms with E-state index in [1.165, 1.54) is 13.2 Å². The second kappa shape index (κ2) is 5.09. The standard InChI is InChI=1S/C11H16FNO2/c1-7-4-8(9(14)6-13-2)5-10(15-3)11(7)12/h4-5,9,13-14H,6H2,1-3H3.